The molecule has 0 radical (unpaired) electrons. The Bertz CT molecular complexity index is 741. The molecule has 2 aliphatic heterocycles. The lowest BCUT2D eigenvalue weighted by Gasteiger charge is -2.30. The molecule has 128 valence electrons. The Morgan fingerprint density at radius 2 is 2.08 bits per heavy atom. The van der Waals surface area contributed by atoms with E-state index in [0.717, 1.165) is 61.3 Å². The van der Waals surface area contributed by atoms with E-state index in [9.17, 15) is 4.79 Å². The van der Waals surface area contributed by atoms with Crippen molar-refractivity contribution >= 4 is 29.3 Å². The molecular weight excluding hydrogens is 324 g/mol. The zero-order valence-electron chi connectivity index (χ0n) is 13.8. The zero-order chi connectivity index (χ0) is 16.5. The highest BCUT2D eigenvalue weighted by Gasteiger charge is 2.30. The smallest absolute Gasteiger partial charge is 0.320 e. The van der Waals surface area contributed by atoms with Crippen LogP contribution < -0.4 is 5.32 Å². The van der Waals surface area contributed by atoms with E-state index in [2.05, 4.69) is 15.4 Å². The van der Waals surface area contributed by atoms with Crippen LogP contribution in [0.5, 0.6) is 0 Å². The van der Waals surface area contributed by atoms with E-state index >= 15 is 0 Å². The number of rotatable bonds is 2. The molecule has 1 atom stereocenters. The van der Waals surface area contributed by atoms with Crippen LogP contribution in [0.1, 0.15) is 12.1 Å². The van der Waals surface area contributed by atoms with Crippen molar-refractivity contribution in [3.8, 4) is 0 Å². The van der Waals surface area contributed by atoms with Gasteiger partial charge in [-0.1, -0.05) is 0 Å². The van der Waals surface area contributed by atoms with Gasteiger partial charge in [0.1, 0.15) is 5.82 Å². The Hall–Kier alpha value is -1.96. The summed E-state index contributed by atoms with van der Waals surface area (Å²) in [5, 5.41) is 8.00. The molecule has 1 unspecified atom stereocenters. The predicted molar refractivity (Wildman–Crippen MR) is 95.6 cm³/mol. The van der Waals surface area contributed by atoms with E-state index in [1.54, 1.807) is 4.52 Å². The summed E-state index contributed by atoms with van der Waals surface area (Å²) in [6, 6.07) is 4.36. The van der Waals surface area contributed by atoms with Crippen molar-refractivity contribution in [1.29, 1.82) is 0 Å². The molecule has 0 bridgehead atoms. The third kappa shape index (κ3) is 3.15. The van der Waals surface area contributed by atoms with Gasteiger partial charge in [0.25, 0.3) is 0 Å². The van der Waals surface area contributed by atoms with Gasteiger partial charge in [-0.25, -0.2) is 14.3 Å². The Kier molecular flexibility index (Phi) is 4.22. The van der Waals surface area contributed by atoms with Crippen molar-refractivity contribution in [2.75, 3.05) is 43.0 Å². The molecule has 0 aromatic carbocycles. The summed E-state index contributed by atoms with van der Waals surface area (Å²) in [6.07, 6.45) is 2.87. The average Bonchev–Trinajstić information content (AvgIpc) is 3.20. The second kappa shape index (κ2) is 6.51. The monoisotopic (exact) mass is 346 g/mol. The fourth-order valence-electron chi connectivity index (χ4n) is 3.29. The quantitative estimate of drug-likeness (QED) is 0.896. The third-order valence-electron chi connectivity index (χ3n) is 4.53. The number of thioether (sulfide) groups is 1. The number of aryl methyl sites for hydroxylation is 1. The average molecular weight is 346 g/mol. The fourth-order valence-corrected chi connectivity index (χ4v) is 4.20. The van der Waals surface area contributed by atoms with Crippen LogP contribution in [-0.2, 0) is 0 Å². The van der Waals surface area contributed by atoms with Crippen molar-refractivity contribution in [3.05, 3.63) is 24.0 Å². The molecule has 2 aliphatic rings. The highest BCUT2D eigenvalue weighted by atomic mass is 32.2. The van der Waals surface area contributed by atoms with Crippen molar-refractivity contribution in [2.45, 2.75) is 19.4 Å². The molecule has 2 fully saturated rings. The standard InChI is InChI=1S/C16H22N6OS/c1-12-10-22-15(17-12)3-2-14(19-22)18-13-4-5-21(11-13)16(23)20-6-8-24-9-7-20/h2-3,10,13H,4-9,11H2,1H3,(H,18,19). The maximum Gasteiger partial charge on any atom is 0.320 e. The van der Waals surface area contributed by atoms with Gasteiger partial charge in [-0.05, 0) is 25.5 Å². The first-order chi connectivity index (χ1) is 11.7. The normalized spacial score (nSPS) is 21.5. The second-order valence-corrected chi connectivity index (χ2v) is 7.59. The lowest BCUT2D eigenvalue weighted by Crippen LogP contribution is -2.46. The van der Waals surface area contributed by atoms with E-state index in [0.29, 0.717) is 0 Å². The van der Waals surface area contributed by atoms with Crippen LogP contribution in [0, 0.1) is 6.92 Å². The first-order valence-corrected chi connectivity index (χ1v) is 9.56. The number of urea groups is 1. The van der Waals surface area contributed by atoms with Crippen LogP contribution in [0.3, 0.4) is 0 Å². The number of aromatic nitrogens is 3. The topological polar surface area (TPSA) is 65.8 Å². The van der Waals surface area contributed by atoms with E-state index in [4.69, 9.17) is 0 Å². The number of hydrogen-bond acceptors (Lipinski definition) is 5. The summed E-state index contributed by atoms with van der Waals surface area (Å²) in [7, 11) is 0. The number of likely N-dealkylation sites (tertiary alicyclic amines) is 1. The second-order valence-electron chi connectivity index (χ2n) is 6.36. The number of amides is 2. The van der Waals surface area contributed by atoms with Gasteiger partial charge >= 0.3 is 6.03 Å². The molecule has 0 saturated carbocycles. The van der Waals surface area contributed by atoms with Crippen molar-refractivity contribution in [2.24, 2.45) is 0 Å². The largest absolute Gasteiger partial charge is 0.364 e. The van der Waals surface area contributed by atoms with E-state index in [1.807, 2.05) is 46.8 Å². The van der Waals surface area contributed by atoms with Gasteiger partial charge < -0.3 is 15.1 Å². The molecule has 2 aromatic heterocycles. The molecule has 2 saturated heterocycles. The van der Waals surface area contributed by atoms with Gasteiger partial charge in [0.2, 0.25) is 0 Å². The molecule has 0 spiro atoms. The lowest BCUT2D eigenvalue weighted by molar-refractivity contribution is 0.167. The summed E-state index contributed by atoms with van der Waals surface area (Å²) < 4.78 is 1.79. The number of anilines is 1. The zero-order valence-corrected chi connectivity index (χ0v) is 14.6. The molecule has 4 heterocycles. The number of nitrogens with one attached hydrogen (secondary N) is 1. The molecule has 7 nitrogen and oxygen atoms in total. The van der Waals surface area contributed by atoms with Gasteiger partial charge in [-0.15, -0.1) is 5.10 Å². The first kappa shape index (κ1) is 15.6. The summed E-state index contributed by atoms with van der Waals surface area (Å²) >= 11 is 1.92. The SMILES string of the molecule is Cc1cn2nc(NC3CCN(C(=O)N4CCSCC4)C3)ccc2n1. The van der Waals surface area contributed by atoms with Gasteiger partial charge in [0, 0.05) is 43.7 Å². The Balaban J connectivity index is 1.38. The van der Waals surface area contributed by atoms with E-state index in [-0.39, 0.29) is 12.1 Å². The highest BCUT2D eigenvalue weighted by Crippen LogP contribution is 2.18. The minimum Gasteiger partial charge on any atom is -0.364 e. The van der Waals surface area contributed by atoms with Crippen molar-refractivity contribution in [1.82, 2.24) is 24.4 Å². The number of fused-ring (bicyclic) bond motifs is 1. The van der Waals surface area contributed by atoms with Crippen LogP contribution in [0.15, 0.2) is 18.3 Å². The van der Waals surface area contributed by atoms with Gasteiger partial charge in [0.05, 0.1) is 11.9 Å². The first-order valence-electron chi connectivity index (χ1n) is 8.40. The van der Waals surface area contributed by atoms with Gasteiger partial charge in [0.15, 0.2) is 5.65 Å². The Morgan fingerprint density at radius 3 is 2.92 bits per heavy atom. The minimum absolute atomic E-state index is 0.188. The van der Waals surface area contributed by atoms with Gasteiger partial charge in [-0.3, -0.25) is 0 Å². The molecule has 4 rings (SSSR count). The Morgan fingerprint density at radius 1 is 1.25 bits per heavy atom. The highest BCUT2D eigenvalue weighted by molar-refractivity contribution is 7.99. The predicted octanol–water partition coefficient (Wildman–Crippen LogP) is 1.69. The maximum atomic E-state index is 12.6. The van der Waals surface area contributed by atoms with Crippen molar-refractivity contribution in [3.63, 3.8) is 0 Å². The number of nitrogens with zero attached hydrogens (tertiary/aromatic N) is 5. The number of carbonyl (C=O) groups excluding carboxylic acids is 1. The molecule has 1 N–H and O–H groups in total. The number of hydrogen-bond donors (Lipinski definition) is 1. The van der Waals surface area contributed by atoms with Gasteiger partial charge in [-0.2, -0.15) is 11.8 Å². The van der Waals surface area contributed by atoms with Crippen molar-refractivity contribution < 1.29 is 4.79 Å². The van der Waals surface area contributed by atoms with E-state index < -0.39 is 0 Å². The molecule has 24 heavy (non-hydrogen) atoms. The summed E-state index contributed by atoms with van der Waals surface area (Å²) in [6.45, 7) is 5.26. The molecule has 2 aromatic rings. The van der Waals surface area contributed by atoms with Crippen LogP contribution in [0.25, 0.3) is 5.65 Å². The van der Waals surface area contributed by atoms with E-state index in [1.165, 1.54) is 0 Å². The third-order valence-corrected chi connectivity index (χ3v) is 5.48. The summed E-state index contributed by atoms with van der Waals surface area (Å²) in [5.74, 6) is 2.93. The van der Waals surface area contributed by atoms with Crippen LogP contribution >= 0.6 is 11.8 Å². The number of imidazole rings is 1. The lowest BCUT2D eigenvalue weighted by atomic mass is 10.2. The van der Waals surface area contributed by atoms with Crippen LogP contribution in [0.2, 0.25) is 0 Å². The fraction of sp³-hybridized carbons (Fsp3) is 0.562. The Labute approximate surface area is 145 Å². The van der Waals surface area contributed by atoms with Crippen LogP contribution in [0.4, 0.5) is 10.6 Å². The molecule has 0 aliphatic carbocycles. The molecule has 2 amide bonds. The number of carbonyl (C=O) groups is 1. The summed E-state index contributed by atoms with van der Waals surface area (Å²) in [4.78, 5) is 20.9. The molecule has 8 heteroatoms. The summed E-state index contributed by atoms with van der Waals surface area (Å²) in [5.41, 5.74) is 1.81. The molecular formula is C16H22N6OS. The van der Waals surface area contributed by atoms with Crippen LogP contribution in [-0.4, -0.2) is 74.2 Å². The minimum atomic E-state index is 0.188. The maximum absolute atomic E-state index is 12.6.